The quantitative estimate of drug-likeness (QED) is 0.772. The van der Waals surface area contributed by atoms with Crippen molar-refractivity contribution in [2.75, 3.05) is 12.8 Å². The molecule has 5 heteroatoms. The Morgan fingerprint density at radius 1 is 1.53 bits per heavy atom. The third-order valence-electron chi connectivity index (χ3n) is 3.03. The van der Waals surface area contributed by atoms with Crippen molar-refractivity contribution in [2.24, 2.45) is 5.92 Å². The van der Waals surface area contributed by atoms with Crippen LogP contribution >= 0.6 is 11.8 Å². The summed E-state index contributed by atoms with van der Waals surface area (Å²) in [4.78, 5) is 4.42. The minimum Gasteiger partial charge on any atom is -0.339 e. The van der Waals surface area contributed by atoms with Crippen molar-refractivity contribution in [3.63, 3.8) is 0 Å². The molecule has 0 aromatic carbocycles. The molecule has 0 amide bonds. The van der Waals surface area contributed by atoms with Gasteiger partial charge in [0.1, 0.15) is 0 Å². The summed E-state index contributed by atoms with van der Waals surface area (Å²) < 4.78 is 5.29. The molecule has 4 nitrogen and oxygen atoms in total. The maximum Gasteiger partial charge on any atom is 0.228 e. The molecule has 1 aromatic rings. The van der Waals surface area contributed by atoms with E-state index in [2.05, 4.69) is 22.4 Å². The Morgan fingerprint density at radius 3 is 3.00 bits per heavy atom. The fourth-order valence-electron chi connectivity index (χ4n) is 1.98. The lowest BCUT2D eigenvalue weighted by Gasteiger charge is -2.15. The lowest BCUT2D eigenvalue weighted by molar-refractivity contribution is 0.343. The van der Waals surface area contributed by atoms with E-state index in [-0.39, 0.29) is 0 Å². The van der Waals surface area contributed by atoms with Gasteiger partial charge in [-0.1, -0.05) is 12.1 Å². The zero-order valence-corrected chi connectivity index (χ0v) is 11.4. The summed E-state index contributed by atoms with van der Waals surface area (Å²) in [5, 5.41) is 7.57. The second-order valence-corrected chi connectivity index (χ2v) is 5.51. The van der Waals surface area contributed by atoms with Crippen LogP contribution in [0.3, 0.4) is 0 Å². The Morgan fingerprint density at radius 2 is 2.35 bits per heavy atom. The zero-order valence-electron chi connectivity index (χ0n) is 10.6. The summed E-state index contributed by atoms with van der Waals surface area (Å²) in [7, 11) is 0. The topological polar surface area (TPSA) is 51.0 Å². The molecule has 1 heterocycles. The van der Waals surface area contributed by atoms with Crippen LogP contribution in [0.4, 0.5) is 0 Å². The normalized spacial score (nSPS) is 17.3. The van der Waals surface area contributed by atoms with Gasteiger partial charge in [-0.2, -0.15) is 16.7 Å². The maximum absolute atomic E-state index is 5.29. The van der Waals surface area contributed by atoms with Crippen molar-refractivity contribution in [3.05, 3.63) is 11.7 Å². The van der Waals surface area contributed by atoms with Crippen LogP contribution in [0, 0.1) is 5.92 Å². The predicted octanol–water partition coefficient (Wildman–Crippen LogP) is 2.25. The average Bonchev–Trinajstić information content (AvgIpc) is 3.08. The van der Waals surface area contributed by atoms with E-state index < -0.39 is 0 Å². The number of rotatable bonds is 8. The fourth-order valence-corrected chi connectivity index (χ4v) is 2.36. The Kier molecular flexibility index (Phi) is 4.86. The highest BCUT2D eigenvalue weighted by Crippen LogP contribution is 2.33. The van der Waals surface area contributed by atoms with Crippen molar-refractivity contribution in [2.45, 2.75) is 44.4 Å². The molecule has 1 aliphatic carbocycles. The van der Waals surface area contributed by atoms with Crippen LogP contribution in [0.5, 0.6) is 0 Å². The van der Waals surface area contributed by atoms with Gasteiger partial charge in [0.05, 0.1) is 5.75 Å². The van der Waals surface area contributed by atoms with Gasteiger partial charge in [0.15, 0.2) is 5.82 Å². The van der Waals surface area contributed by atoms with Gasteiger partial charge in [-0.3, -0.25) is 0 Å². The van der Waals surface area contributed by atoms with E-state index in [0.717, 1.165) is 36.4 Å². The Bertz CT molecular complexity index is 338. The van der Waals surface area contributed by atoms with Crippen LogP contribution in [0.2, 0.25) is 0 Å². The van der Waals surface area contributed by atoms with Crippen molar-refractivity contribution in [1.29, 1.82) is 0 Å². The van der Waals surface area contributed by atoms with Crippen LogP contribution in [-0.2, 0) is 12.2 Å². The molecule has 0 aliphatic heterocycles. The van der Waals surface area contributed by atoms with Crippen LogP contribution in [-0.4, -0.2) is 29.0 Å². The van der Waals surface area contributed by atoms with Crippen LogP contribution < -0.4 is 5.32 Å². The predicted molar refractivity (Wildman–Crippen MR) is 70.0 cm³/mol. The molecule has 0 saturated heterocycles. The van der Waals surface area contributed by atoms with E-state index in [1.807, 2.05) is 6.26 Å². The lowest BCUT2D eigenvalue weighted by Crippen LogP contribution is -2.33. The number of hydrogen-bond donors (Lipinski definition) is 1. The Balaban J connectivity index is 1.87. The summed E-state index contributed by atoms with van der Waals surface area (Å²) in [5.74, 6) is 3.25. The standard InChI is InChI=1S/C12H21N3OS/c1-3-6-13-10(9-4-5-9)7-12-14-11(8-17-2)15-16-12/h9-10,13H,3-8H2,1-2H3. The smallest absolute Gasteiger partial charge is 0.228 e. The first kappa shape index (κ1) is 12.9. The summed E-state index contributed by atoms with van der Waals surface area (Å²) in [6, 6.07) is 0.525. The van der Waals surface area contributed by atoms with E-state index in [1.54, 1.807) is 11.8 Å². The largest absolute Gasteiger partial charge is 0.339 e. The summed E-state index contributed by atoms with van der Waals surface area (Å²) >= 11 is 1.72. The first-order valence-corrected chi connectivity index (χ1v) is 7.76. The highest BCUT2D eigenvalue weighted by molar-refractivity contribution is 7.97. The molecule has 1 atom stereocenters. The molecule has 0 radical (unpaired) electrons. The molecule has 1 fully saturated rings. The monoisotopic (exact) mass is 255 g/mol. The molecule has 96 valence electrons. The van der Waals surface area contributed by atoms with Gasteiger partial charge in [0.2, 0.25) is 5.89 Å². The zero-order chi connectivity index (χ0) is 12.1. The SMILES string of the molecule is CCCNC(Cc1nc(CSC)no1)C1CC1. The van der Waals surface area contributed by atoms with Crippen molar-refractivity contribution < 1.29 is 4.52 Å². The molecule has 17 heavy (non-hydrogen) atoms. The van der Waals surface area contributed by atoms with Crippen LogP contribution in [0.1, 0.15) is 37.9 Å². The van der Waals surface area contributed by atoms with Crippen molar-refractivity contribution in [1.82, 2.24) is 15.5 Å². The molecule has 1 aliphatic rings. The highest BCUT2D eigenvalue weighted by atomic mass is 32.2. The van der Waals surface area contributed by atoms with Gasteiger partial charge in [0.25, 0.3) is 0 Å². The number of thioether (sulfide) groups is 1. The van der Waals surface area contributed by atoms with Crippen molar-refractivity contribution in [3.8, 4) is 0 Å². The van der Waals surface area contributed by atoms with Gasteiger partial charge >= 0.3 is 0 Å². The fraction of sp³-hybridized carbons (Fsp3) is 0.833. The Labute approximate surface area is 107 Å². The van der Waals surface area contributed by atoms with Crippen LogP contribution in [0.15, 0.2) is 4.52 Å². The first-order chi connectivity index (χ1) is 8.33. The van der Waals surface area contributed by atoms with E-state index in [9.17, 15) is 0 Å². The van der Waals surface area contributed by atoms with Gasteiger partial charge < -0.3 is 9.84 Å². The second kappa shape index (κ2) is 6.40. The number of aromatic nitrogens is 2. The Hall–Kier alpha value is -0.550. The summed E-state index contributed by atoms with van der Waals surface area (Å²) in [6.07, 6.45) is 6.78. The van der Waals surface area contributed by atoms with Gasteiger partial charge in [-0.05, 0) is 38.0 Å². The second-order valence-electron chi connectivity index (χ2n) is 4.64. The summed E-state index contributed by atoms with van der Waals surface area (Å²) in [5.41, 5.74) is 0. The molecule has 0 bridgehead atoms. The molecule has 1 saturated carbocycles. The number of nitrogens with one attached hydrogen (secondary N) is 1. The van der Waals surface area contributed by atoms with Gasteiger partial charge in [0, 0.05) is 12.5 Å². The van der Waals surface area contributed by atoms with Crippen LogP contribution in [0.25, 0.3) is 0 Å². The molecular weight excluding hydrogens is 234 g/mol. The minimum absolute atomic E-state index is 0.525. The average molecular weight is 255 g/mol. The van der Waals surface area contributed by atoms with E-state index in [0.29, 0.717) is 6.04 Å². The van der Waals surface area contributed by atoms with E-state index in [1.165, 1.54) is 19.3 Å². The molecule has 1 aromatic heterocycles. The van der Waals surface area contributed by atoms with Crippen molar-refractivity contribution >= 4 is 11.8 Å². The maximum atomic E-state index is 5.29. The molecule has 1 N–H and O–H groups in total. The van der Waals surface area contributed by atoms with E-state index >= 15 is 0 Å². The number of hydrogen-bond acceptors (Lipinski definition) is 5. The molecular formula is C12H21N3OS. The third kappa shape index (κ3) is 4.00. The number of nitrogens with zero attached hydrogens (tertiary/aromatic N) is 2. The van der Waals surface area contributed by atoms with Gasteiger partial charge in [-0.15, -0.1) is 0 Å². The van der Waals surface area contributed by atoms with Gasteiger partial charge in [-0.25, -0.2) is 0 Å². The minimum atomic E-state index is 0.525. The highest BCUT2D eigenvalue weighted by Gasteiger charge is 2.31. The lowest BCUT2D eigenvalue weighted by atomic mass is 10.1. The molecule has 0 spiro atoms. The molecule has 2 rings (SSSR count). The third-order valence-corrected chi connectivity index (χ3v) is 3.57. The van der Waals surface area contributed by atoms with E-state index in [4.69, 9.17) is 4.52 Å². The first-order valence-electron chi connectivity index (χ1n) is 6.37. The summed E-state index contributed by atoms with van der Waals surface area (Å²) in [6.45, 7) is 3.27. The molecule has 1 unspecified atom stereocenters.